The van der Waals surface area contributed by atoms with Crippen molar-refractivity contribution in [1.29, 1.82) is 0 Å². The summed E-state index contributed by atoms with van der Waals surface area (Å²) in [7, 11) is 0. The number of allylic oxidation sites excluding steroid dienone is 1. The quantitative estimate of drug-likeness (QED) is 0.665. The third kappa shape index (κ3) is 3.41. The van der Waals surface area contributed by atoms with Gasteiger partial charge in [0.05, 0.1) is 0 Å². The van der Waals surface area contributed by atoms with Crippen molar-refractivity contribution in [3.63, 3.8) is 0 Å². The predicted octanol–water partition coefficient (Wildman–Crippen LogP) is 2.22. The third-order valence-electron chi connectivity index (χ3n) is 1.04. The van der Waals surface area contributed by atoms with E-state index in [9.17, 15) is 18.0 Å². The molecule has 12 heavy (non-hydrogen) atoms. The molecule has 0 atom stereocenters. The second-order valence-electron chi connectivity index (χ2n) is 2.63. The van der Waals surface area contributed by atoms with Gasteiger partial charge in [0.25, 0.3) is 0 Å². The van der Waals surface area contributed by atoms with Crippen LogP contribution in [0.1, 0.15) is 13.8 Å². The van der Waals surface area contributed by atoms with Crippen molar-refractivity contribution in [1.82, 2.24) is 0 Å². The molecule has 1 N–H and O–H groups in total. The third-order valence-corrected chi connectivity index (χ3v) is 1.04. The van der Waals surface area contributed by atoms with Crippen LogP contribution in [-0.2, 0) is 4.79 Å². The van der Waals surface area contributed by atoms with E-state index in [1.807, 2.05) is 0 Å². The lowest BCUT2D eigenvalue weighted by Gasteiger charge is -2.07. The van der Waals surface area contributed by atoms with Crippen molar-refractivity contribution in [3.8, 4) is 0 Å². The van der Waals surface area contributed by atoms with Gasteiger partial charge in [0, 0.05) is 0 Å². The normalized spacial score (nSPS) is 13.7. The molecule has 0 aliphatic heterocycles. The van der Waals surface area contributed by atoms with Crippen LogP contribution in [0.15, 0.2) is 11.6 Å². The fraction of sp³-hybridized carbons (Fsp3) is 0.571. The van der Waals surface area contributed by atoms with Crippen molar-refractivity contribution in [2.45, 2.75) is 20.0 Å². The zero-order chi connectivity index (χ0) is 9.94. The van der Waals surface area contributed by atoms with Gasteiger partial charge < -0.3 is 5.11 Å². The summed E-state index contributed by atoms with van der Waals surface area (Å²) in [5, 5.41) is 8.17. The number of hydrogen-bond acceptors (Lipinski definition) is 1. The van der Waals surface area contributed by atoms with Crippen LogP contribution in [0.25, 0.3) is 0 Å². The molecule has 0 aromatic carbocycles. The Kier molecular flexibility index (Phi) is 3.30. The molecule has 0 rings (SSSR count). The molecule has 5 heteroatoms. The first kappa shape index (κ1) is 11.0. The van der Waals surface area contributed by atoms with Gasteiger partial charge in [0.15, 0.2) is 0 Å². The van der Waals surface area contributed by atoms with Crippen LogP contribution < -0.4 is 0 Å². The van der Waals surface area contributed by atoms with Crippen molar-refractivity contribution in [2.75, 3.05) is 0 Å². The summed E-state index contributed by atoms with van der Waals surface area (Å²) in [6.07, 6.45) is -4.08. The first-order valence-corrected chi connectivity index (χ1v) is 3.27. The molecule has 0 radical (unpaired) electrons. The van der Waals surface area contributed by atoms with Gasteiger partial charge in [-0.25, -0.2) is 4.79 Å². The van der Waals surface area contributed by atoms with Crippen LogP contribution in [0.4, 0.5) is 13.2 Å². The van der Waals surface area contributed by atoms with E-state index in [0.717, 1.165) is 0 Å². The molecule has 0 aromatic rings. The van der Waals surface area contributed by atoms with E-state index in [1.54, 1.807) is 0 Å². The SMILES string of the molecule is CC(C)C=C(C(=O)O)C(F)(F)F. The number of alkyl halides is 3. The summed E-state index contributed by atoms with van der Waals surface area (Å²) >= 11 is 0. The molecule has 0 unspecified atom stereocenters. The van der Waals surface area contributed by atoms with E-state index in [2.05, 4.69) is 0 Å². The molecule has 0 saturated heterocycles. The summed E-state index contributed by atoms with van der Waals surface area (Å²) in [5.74, 6) is -2.37. The molecule has 70 valence electrons. The van der Waals surface area contributed by atoms with E-state index < -0.39 is 23.6 Å². The second-order valence-corrected chi connectivity index (χ2v) is 2.63. The monoisotopic (exact) mass is 182 g/mol. The number of rotatable bonds is 2. The highest BCUT2D eigenvalue weighted by molar-refractivity contribution is 5.88. The summed E-state index contributed by atoms with van der Waals surface area (Å²) in [5.41, 5.74) is -1.50. The van der Waals surface area contributed by atoms with Gasteiger partial charge in [0.1, 0.15) is 5.57 Å². The molecule has 0 amide bonds. The molecule has 0 aliphatic carbocycles. The molecule has 0 spiro atoms. The van der Waals surface area contributed by atoms with E-state index in [1.165, 1.54) is 13.8 Å². The second kappa shape index (κ2) is 3.60. The fourth-order valence-electron chi connectivity index (χ4n) is 0.620. The molecule has 0 aliphatic rings. The Morgan fingerprint density at radius 2 is 1.83 bits per heavy atom. The van der Waals surface area contributed by atoms with E-state index in [-0.39, 0.29) is 0 Å². The summed E-state index contributed by atoms with van der Waals surface area (Å²) in [6, 6.07) is 0. The van der Waals surface area contributed by atoms with Crippen LogP contribution in [0.2, 0.25) is 0 Å². The average Bonchev–Trinajstić information content (AvgIpc) is 1.79. The van der Waals surface area contributed by atoms with Crippen LogP contribution in [0.3, 0.4) is 0 Å². The maximum Gasteiger partial charge on any atom is 0.423 e. The number of aliphatic carboxylic acids is 1. The van der Waals surface area contributed by atoms with E-state index in [0.29, 0.717) is 6.08 Å². The lowest BCUT2D eigenvalue weighted by molar-refractivity contribution is -0.144. The highest BCUT2D eigenvalue weighted by atomic mass is 19.4. The number of hydrogen-bond donors (Lipinski definition) is 1. The van der Waals surface area contributed by atoms with Crippen molar-refractivity contribution in [3.05, 3.63) is 11.6 Å². The minimum atomic E-state index is -4.77. The fourth-order valence-corrected chi connectivity index (χ4v) is 0.620. The average molecular weight is 182 g/mol. The molecule has 0 heterocycles. The topological polar surface area (TPSA) is 37.3 Å². The van der Waals surface area contributed by atoms with Crippen LogP contribution in [-0.4, -0.2) is 17.3 Å². The van der Waals surface area contributed by atoms with Gasteiger partial charge in [-0.2, -0.15) is 13.2 Å². The number of carbonyl (C=O) groups is 1. The Bertz CT molecular complexity index is 203. The van der Waals surface area contributed by atoms with Gasteiger partial charge in [-0.15, -0.1) is 0 Å². The molecule has 0 bridgehead atoms. The molecule has 0 saturated carbocycles. The predicted molar refractivity (Wildman–Crippen MR) is 36.6 cm³/mol. The minimum Gasteiger partial charge on any atom is -0.478 e. The molecule has 2 nitrogen and oxygen atoms in total. The number of halogens is 3. The molecular weight excluding hydrogens is 173 g/mol. The van der Waals surface area contributed by atoms with Gasteiger partial charge in [-0.3, -0.25) is 0 Å². The molecule has 0 aromatic heterocycles. The first-order valence-electron chi connectivity index (χ1n) is 3.27. The smallest absolute Gasteiger partial charge is 0.423 e. The van der Waals surface area contributed by atoms with Gasteiger partial charge in [-0.05, 0) is 5.92 Å². The van der Waals surface area contributed by atoms with Crippen LogP contribution >= 0.6 is 0 Å². The van der Waals surface area contributed by atoms with Crippen molar-refractivity contribution in [2.24, 2.45) is 5.92 Å². The van der Waals surface area contributed by atoms with Gasteiger partial charge in [0.2, 0.25) is 0 Å². The lowest BCUT2D eigenvalue weighted by Crippen LogP contribution is -2.20. The Labute approximate surface area is 67.7 Å². The van der Waals surface area contributed by atoms with Gasteiger partial charge >= 0.3 is 12.1 Å². The molecule has 0 fully saturated rings. The van der Waals surface area contributed by atoms with Crippen molar-refractivity contribution < 1.29 is 23.1 Å². The Hall–Kier alpha value is -1.00. The highest BCUT2D eigenvalue weighted by Crippen LogP contribution is 2.26. The first-order chi connectivity index (χ1) is 5.25. The summed E-state index contributed by atoms with van der Waals surface area (Å²) < 4.78 is 35.6. The zero-order valence-corrected chi connectivity index (χ0v) is 6.64. The Morgan fingerprint density at radius 1 is 1.42 bits per heavy atom. The molecular formula is C7H9F3O2. The van der Waals surface area contributed by atoms with Crippen LogP contribution in [0, 0.1) is 5.92 Å². The maximum absolute atomic E-state index is 11.9. The van der Waals surface area contributed by atoms with E-state index in [4.69, 9.17) is 5.11 Å². The standard InChI is InChI=1S/C7H9F3O2/c1-4(2)3-5(6(11)12)7(8,9)10/h3-4H,1-2H3,(H,11,12). The number of carboxylic acids is 1. The lowest BCUT2D eigenvalue weighted by atomic mass is 10.1. The zero-order valence-electron chi connectivity index (χ0n) is 6.64. The summed E-state index contributed by atoms with van der Waals surface area (Å²) in [4.78, 5) is 10.1. The maximum atomic E-state index is 11.9. The van der Waals surface area contributed by atoms with E-state index >= 15 is 0 Å². The minimum absolute atomic E-state index is 0.433. The Balaban J connectivity index is 4.81. The highest BCUT2D eigenvalue weighted by Gasteiger charge is 2.38. The largest absolute Gasteiger partial charge is 0.478 e. The summed E-state index contributed by atoms with van der Waals surface area (Å²) in [6.45, 7) is 2.96. The van der Waals surface area contributed by atoms with Crippen molar-refractivity contribution >= 4 is 5.97 Å². The number of carboxylic acid groups (broad SMARTS) is 1. The Morgan fingerprint density at radius 3 is 1.92 bits per heavy atom. The van der Waals surface area contributed by atoms with Crippen LogP contribution in [0.5, 0.6) is 0 Å². The van der Waals surface area contributed by atoms with Gasteiger partial charge in [-0.1, -0.05) is 19.9 Å².